The maximum atomic E-state index is 12.6. The molecule has 0 aromatic heterocycles. The molecule has 0 bridgehead atoms. The van der Waals surface area contributed by atoms with Crippen LogP contribution in [-0.2, 0) is 9.59 Å². The van der Waals surface area contributed by atoms with Crippen LogP contribution in [-0.4, -0.2) is 48.9 Å². The number of benzene rings is 1. The van der Waals surface area contributed by atoms with Gasteiger partial charge < -0.3 is 10.2 Å². The highest BCUT2D eigenvalue weighted by Gasteiger charge is 2.36. The van der Waals surface area contributed by atoms with E-state index in [-0.39, 0.29) is 24.4 Å². The number of nitrogens with one attached hydrogen (secondary N) is 1. The minimum absolute atomic E-state index is 0.0229. The molecule has 1 unspecified atom stereocenters. The Labute approximate surface area is 125 Å². The Kier molecular flexibility index (Phi) is 5.33. The first kappa shape index (κ1) is 15.5. The fraction of sp³-hybridized carbons (Fsp3) is 0.500. The molecule has 1 aromatic carbocycles. The number of hydrogen-bond donors (Lipinski definition) is 1. The summed E-state index contributed by atoms with van der Waals surface area (Å²) in [5.41, 5.74) is 0.930. The van der Waals surface area contributed by atoms with Crippen molar-refractivity contribution in [1.82, 2.24) is 10.2 Å². The van der Waals surface area contributed by atoms with Gasteiger partial charge in [-0.2, -0.15) is 0 Å². The lowest BCUT2D eigenvalue weighted by Crippen LogP contribution is -2.46. The minimum Gasteiger partial charge on any atom is -0.355 e. The van der Waals surface area contributed by atoms with Crippen LogP contribution in [0.25, 0.3) is 0 Å². The quantitative estimate of drug-likeness (QED) is 0.857. The third kappa shape index (κ3) is 3.61. The van der Waals surface area contributed by atoms with Crippen LogP contribution in [0, 0.1) is 0 Å². The number of amides is 2. The average molecular weight is 289 g/mol. The average Bonchev–Trinajstić information content (AvgIpc) is 2.88. The van der Waals surface area contributed by atoms with Gasteiger partial charge in [-0.05, 0) is 32.0 Å². The number of carbonyl (C=O) groups excluding carboxylic acids is 2. The van der Waals surface area contributed by atoms with Gasteiger partial charge in [0.25, 0.3) is 0 Å². The van der Waals surface area contributed by atoms with Gasteiger partial charge in [0.15, 0.2) is 0 Å². The second-order valence-corrected chi connectivity index (χ2v) is 5.15. The lowest BCUT2D eigenvalue weighted by atomic mass is 10.2. The Morgan fingerprint density at radius 1 is 1.33 bits per heavy atom. The monoisotopic (exact) mass is 289 g/mol. The maximum absolute atomic E-state index is 12.6. The van der Waals surface area contributed by atoms with Gasteiger partial charge in [-0.25, -0.2) is 0 Å². The molecule has 114 valence electrons. The van der Waals surface area contributed by atoms with Gasteiger partial charge in [-0.1, -0.05) is 25.1 Å². The molecule has 2 rings (SSSR count). The largest absolute Gasteiger partial charge is 0.355 e. The van der Waals surface area contributed by atoms with Crippen molar-refractivity contribution in [3.63, 3.8) is 0 Å². The van der Waals surface area contributed by atoms with E-state index < -0.39 is 0 Å². The zero-order valence-corrected chi connectivity index (χ0v) is 12.7. The summed E-state index contributed by atoms with van der Waals surface area (Å²) in [6.45, 7) is 6.17. The fourth-order valence-corrected chi connectivity index (χ4v) is 2.75. The molecule has 0 radical (unpaired) electrons. The molecule has 1 aromatic rings. The summed E-state index contributed by atoms with van der Waals surface area (Å²) in [6, 6.07) is 9.50. The Morgan fingerprint density at radius 3 is 2.67 bits per heavy atom. The molecule has 1 aliphatic rings. The smallest absolute Gasteiger partial charge is 0.244 e. The summed E-state index contributed by atoms with van der Waals surface area (Å²) in [4.78, 5) is 28.1. The first-order valence-electron chi connectivity index (χ1n) is 7.54. The van der Waals surface area contributed by atoms with Crippen molar-refractivity contribution >= 4 is 17.5 Å². The molecule has 0 saturated carbocycles. The number of hydrogen-bond acceptors (Lipinski definition) is 3. The second-order valence-electron chi connectivity index (χ2n) is 5.15. The van der Waals surface area contributed by atoms with Crippen LogP contribution in [0.15, 0.2) is 30.3 Å². The van der Waals surface area contributed by atoms with Gasteiger partial charge in [-0.15, -0.1) is 0 Å². The molecular formula is C16H23N3O2. The highest BCUT2D eigenvalue weighted by atomic mass is 16.2. The number of anilines is 1. The SMILES string of the molecule is CCNC(=O)CN(CC)C1CCN(c2ccccc2)C1=O. The molecule has 21 heavy (non-hydrogen) atoms. The van der Waals surface area contributed by atoms with Crippen LogP contribution >= 0.6 is 0 Å². The molecule has 1 heterocycles. The first-order valence-corrected chi connectivity index (χ1v) is 7.54. The van der Waals surface area contributed by atoms with Gasteiger partial charge in [0.05, 0.1) is 12.6 Å². The summed E-state index contributed by atoms with van der Waals surface area (Å²) in [6.07, 6.45) is 0.765. The van der Waals surface area contributed by atoms with E-state index >= 15 is 0 Å². The number of nitrogens with zero attached hydrogens (tertiary/aromatic N) is 2. The number of likely N-dealkylation sites (N-methyl/N-ethyl adjacent to an activating group) is 2. The summed E-state index contributed by atoms with van der Waals surface area (Å²) < 4.78 is 0. The van der Waals surface area contributed by atoms with Crippen molar-refractivity contribution in [2.45, 2.75) is 26.3 Å². The molecule has 5 heteroatoms. The molecule has 1 N–H and O–H groups in total. The Balaban J connectivity index is 2.04. The number of carbonyl (C=O) groups is 2. The van der Waals surface area contributed by atoms with Crippen molar-refractivity contribution in [3.05, 3.63) is 30.3 Å². The van der Waals surface area contributed by atoms with E-state index in [1.54, 1.807) is 0 Å². The Bertz CT molecular complexity index is 490. The van der Waals surface area contributed by atoms with Gasteiger partial charge in [0.2, 0.25) is 11.8 Å². The molecule has 1 fully saturated rings. The highest BCUT2D eigenvalue weighted by molar-refractivity contribution is 5.99. The minimum atomic E-state index is -0.196. The van der Waals surface area contributed by atoms with Crippen LogP contribution in [0.1, 0.15) is 20.3 Å². The maximum Gasteiger partial charge on any atom is 0.244 e. The van der Waals surface area contributed by atoms with Crippen LogP contribution < -0.4 is 10.2 Å². The van der Waals surface area contributed by atoms with Crippen molar-refractivity contribution in [2.24, 2.45) is 0 Å². The van der Waals surface area contributed by atoms with Crippen LogP contribution in [0.2, 0.25) is 0 Å². The van der Waals surface area contributed by atoms with Gasteiger partial charge in [-0.3, -0.25) is 14.5 Å². The van der Waals surface area contributed by atoms with E-state index in [4.69, 9.17) is 0 Å². The molecule has 2 amide bonds. The van der Waals surface area contributed by atoms with Crippen molar-refractivity contribution in [2.75, 3.05) is 31.1 Å². The molecule has 1 atom stereocenters. The number of para-hydroxylation sites is 1. The summed E-state index contributed by atoms with van der Waals surface area (Å²) in [5, 5.41) is 2.79. The van der Waals surface area contributed by atoms with Crippen LogP contribution in [0.5, 0.6) is 0 Å². The Hall–Kier alpha value is -1.88. The van der Waals surface area contributed by atoms with E-state index in [1.807, 2.05) is 54.0 Å². The standard InChI is InChI=1S/C16H23N3O2/c1-3-17-15(20)12-18(4-2)14-10-11-19(16(14)21)13-8-6-5-7-9-13/h5-9,14H,3-4,10-12H2,1-2H3,(H,17,20). The zero-order valence-electron chi connectivity index (χ0n) is 12.7. The van der Waals surface area contributed by atoms with Crippen molar-refractivity contribution in [3.8, 4) is 0 Å². The van der Waals surface area contributed by atoms with Gasteiger partial charge >= 0.3 is 0 Å². The summed E-state index contributed by atoms with van der Waals surface area (Å²) in [7, 11) is 0. The summed E-state index contributed by atoms with van der Waals surface area (Å²) >= 11 is 0. The molecule has 1 aliphatic heterocycles. The molecular weight excluding hydrogens is 266 g/mol. The first-order chi connectivity index (χ1) is 10.2. The zero-order chi connectivity index (χ0) is 15.2. The lowest BCUT2D eigenvalue weighted by Gasteiger charge is -2.26. The van der Waals surface area contributed by atoms with Crippen molar-refractivity contribution in [1.29, 1.82) is 0 Å². The van der Waals surface area contributed by atoms with E-state index in [9.17, 15) is 9.59 Å². The second kappa shape index (κ2) is 7.22. The number of rotatable bonds is 6. The third-order valence-corrected chi connectivity index (χ3v) is 3.81. The summed E-state index contributed by atoms with van der Waals surface area (Å²) in [5.74, 6) is 0.0673. The van der Waals surface area contributed by atoms with Crippen LogP contribution in [0.3, 0.4) is 0 Å². The van der Waals surface area contributed by atoms with E-state index in [1.165, 1.54) is 0 Å². The van der Waals surface area contributed by atoms with E-state index in [0.717, 1.165) is 12.1 Å². The van der Waals surface area contributed by atoms with Crippen molar-refractivity contribution < 1.29 is 9.59 Å². The fourth-order valence-electron chi connectivity index (χ4n) is 2.75. The Morgan fingerprint density at radius 2 is 2.05 bits per heavy atom. The molecule has 0 aliphatic carbocycles. The normalized spacial score (nSPS) is 18.3. The third-order valence-electron chi connectivity index (χ3n) is 3.81. The predicted molar refractivity (Wildman–Crippen MR) is 83.1 cm³/mol. The molecule has 1 saturated heterocycles. The van der Waals surface area contributed by atoms with Gasteiger partial charge in [0, 0.05) is 18.8 Å². The highest BCUT2D eigenvalue weighted by Crippen LogP contribution is 2.23. The lowest BCUT2D eigenvalue weighted by molar-refractivity contribution is -0.125. The topological polar surface area (TPSA) is 52.7 Å². The van der Waals surface area contributed by atoms with Crippen LogP contribution in [0.4, 0.5) is 5.69 Å². The van der Waals surface area contributed by atoms with Gasteiger partial charge in [0.1, 0.15) is 0 Å². The van der Waals surface area contributed by atoms with E-state index in [2.05, 4.69) is 5.32 Å². The predicted octanol–water partition coefficient (Wildman–Crippen LogP) is 1.25. The van der Waals surface area contributed by atoms with E-state index in [0.29, 0.717) is 19.6 Å². The molecule has 0 spiro atoms. The molecule has 5 nitrogen and oxygen atoms in total.